The van der Waals surface area contributed by atoms with Crippen molar-refractivity contribution >= 4 is 11.9 Å². The molecule has 1 amide bonds. The number of amides is 1. The Balaban J connectivity index is 1.47. The quantitative estimate of drug-likeness (QED) is 0.724. The van der Waals surface area contributed by atoms with Gasteiger partial charge in [-0.2, -0.15) is 5.10 Å². The summed E-state index contributed by atoms with van der Waals surface area (Å²) in [5.41, 5.74) is 2.46. The number of piperazine rings is 1. The van der Waals surface area contributed by atoms with Crippen LogP contribution < -0.4 is 4.90 Å². The first-order valence-electron chi connectivity index (χ1n) is 8.65. The molecule has 3 heterocycles. The third-order valence-corrected chi connectivity index (χ3v) is 4.64. The number of carbonyl (C=O) groups excluding carboxylic acids is 1. The van der Waals surface area contributed by atoms with Crippen LogP contribution in [0.1, 0.15) is 16.1 Å². The van der Waals surface area contributed by atoms with Crippen molar-refractivity contribution in [1.29, 1.82) is 0 Å². The Bertz CT molecular complexity index is 885. The number of rotatable bonds is 3. The van der Waals surface area contributed by atoms with Crippen molar-refractivity contribution in [3.05, 3.63) is 66.2 Å². The van der Waals surface area contributed by atoms with E-state index < -0.39 is 0 Å². The van der Waals surface area contributed by atoms with Crippen molar-refractivity contribution in [2.75, 3.05) is 31.1 Å². The second-order valence-electron chi connectivity index (χ2n) is 6.22. The van der Waals surface area contributed by atoms with Crippen LogP contribution in [-0.4, -0.2) is 56.7 Å². The highest BCUT2D eigenvalue weighted by Gasteiger charge is 2.25. The predicted octanol–water partition coefficient (Wildman–Crippen LogP) is 1.93. The number of para-hydroxylation sites is 1. The van der Waals surface area contributed by atoms with Crippen molar-refractivity contribution in [2.45, 2.75) is 6.92 Å². The highest BCUT2D eigenvalue weighted by Crippen LogP contribution is 2.17. The molecule has 1 fully saturated rings. The van der Waals surface area contributed by atoms with E-state index in [2.05, 4.69) is 20.0 Å². The Morgan fingerprint density at radius 1 is 0.962 bits per heavy atom. The average Bonchev–Trinajstić information content (AvgIpc) is 3.10. The summed E-state index contributed by atoms with van der Waals surface area (Å²) < 4.78 is 1.81. The molecule has 1 aromatic carbocycles. The van der Waals surface area contributed by atoms with Gasteiger partial charge < -0.3 is 9.80 Å². The van der Waals surface area contributed by atoms with Crippen LogP contribution in [0.5, 0.6) is 0 Å². The molecule has 0 unspecified atom stereocenters. The third-order valence-electron chi connectivity index (χ3n) is 4.64. The molecule has 0 aliphatic carbocycles. The first kappa shape index (κ1) is 16.3. The Hall–Kier alpha value is -3.22. The maximum atomic E-state index is 12.9. The summed E-state index contributed by atoms with van der Waals surface area (Å²) in [7, 11) is 0. The fourth-order valence-corrected chi connectivity index (χ4v) is 3.18. The van der Waals surface area contributed by atoms with E-state index in [1.807, 2.05) is 42.2 Å². The Morgan fingerprint density at radius 3 is 2.35 bits per heavy atom. The zero-order chi connectivity index (χ0) is 17.9. The van der Waals surface area contributed by atoms with Gasteiger partial charge in [-0.05, 0) is 25.1 Å². The molecule has 0 radical (unpaired) electrons. The second-order valence-corrected chi connectivity index (χ2v) is 6.22. The molecule has 0 atom stereocenters. The molecule has 3 aromatic rings. The Labute approximate surface area is 151 Å². The summed E-state index contributed by atoms with van der Waals surface area (Å²) in [5, 5.41) is 4.40. The SMILES string of the molecule is Cc1c(C(=O)N2CCN(c3ncccn3)CC2)cnn1-c1ccccc1. The number of benzene rings is 1. The van der Waals surface area contributed by atoms with Crippen LogP contribution in [0.25, 0.3) is 5.69 Å². The summed E-state index contributed by atoms with van der Waals surface area (Å²) in [5.74, 6) is 0.742. The van der Waals surface area contributed by atoms with E-state index in [0.717, 1.165) is 24.5 Å². The third kappa shape index (κ3) is 3.03. The monoisotopic (exact) mass is 348 g/mol. The van der Waals surface area contributed by atoms with Crippen molar-refractivity contribution in [2.24, 2.45) is 0 Å². The molecule has 0 N–H and O–H groups in total. The molecule has 4 rings (SSSR count). The van der Waals surface area contributed by atoms with Crippen molar-refractivity contribution < 1.29 is 4.79 Å². The standard InChI is InChI=1S/C19H20N6O/c1-15-17(14-22-25(15)16-6-3-2-4-7-16)18(26)23-10-12-24(13-11-23)19-20-8-5-9-21-19/h2-9,14H,10-13H2,1H3. The molecule has 1 aliphatic rings. The number of carbonyl (C=O) groups is 1. The lowest BCUT2D eigenvalue weighted by atomic mass is 10.2. The predicted molar refractivity (Wildman–Crippen MR) is 98.4 cm³/mol. The molecule has 7 heteroatoms. The van der Waals surface area contributed by atoms with Gasteiger partial charge in [-0.15, -0.1) is 0 Å². The van der Waals surface area contributed by atoms with Gasteiger partial charge in [-0.1, -0.05) is 18.2 Å². The summed E-state index contributed by atoms with van der Waals surface area (Å²) in [6.45, 7) is 4.67. The van der Waals surface area contributed by atoms with Crippen molar-refractivity contribution in [1.82, 2.24) is 24.6 Å². The summed E-state index contributed by atoms with van der Waals surface area (Å²) in [6.07, 6.45) is 5.14. The molecular formula is C19H20N6O. The lowest BCUT2D eigenvalue weighted by molar-refractivity contribution is 0.0745. The molecule has 7 nitrogen and oxygen atoms in total. The van der Waals surface area contributed by atoms with E-state index in [1.165, 1.54) is 0 Å². The minimum Gasteiger partial charge on any atom is -0.337 e. The van der Waals surface area contributed by atoms with Gasteiger partial charge in [0, 0.05) is 38.6 Å². The molecule has 0 spiro atoms. The maximum Gasteiger partial charge on any atom is 0.257 e. The Morgan fingerprint density at radius 2 is 1.65 bits per heavy atom. The molecule has 2 aromatic heterocycles. The topological polar surface area (TPSA) is 67.2 Å². The van der Waals surface area contributed by atoms with Gasteiger partial charge >= 0.3 is 0 Å². The molecular weight excluding hydrogens is 328 g/mol. The molecule has 132 valence electrons. The van der Waals surface area contributed by atoms with E-state index in [-0.39, 0.29) is 5.91 Å². The zero-order valence-electron chi connectivity index (χ0n) is 14.6. The van der Waals surface area contributed by atoms with Gasteiger partial charge in [0.15, 0.2) is 0 Å². The van der Waals surface area contributed by atoms with Crippen LogP contribution in [-0.2, 0) is 0 Å². The van der Waals surface area contributed by atoms with Crippen LogP contribution in [0.15, 0.2) is 55.0 Å². The van der Waals surface area contributed by atoms with E-state index in [0.29, 0.717) is 24.6 Å². The van der Waals surface area contributed by atoms with E-state index in [1.54, 1.807) is 29.3 Å². The molecule has 0 bridgehead atoms. The highest BCUT2D eigenvalue weighted by molar-refractivity contribution is 5.95. The van der Waals surface area contributed by atoms with E-state index in [4.69, 9.17) is 0 Å². The normalized spacial score (nSPS) is 14.5. The van der Waals surface area contributed by atoms with E-state index in [9.17, 15) is 4.79 Å². The zero-order valence-corrected chi connectivity index (χ0v) is 14.6. The maximum absolute atomic E-state index is 12.9. The first-order valence-corrected chi connectivity index (χ1v) is 8.65. The minimum absolute atomic E-state index is 0.0262. The van der Waals surface area contributed by atoms with Gasteiger partial charge in [-0.3, -0.25) is 4.79 Å². The number of nitrogens with zero attached hydrogens (tertiary/aromatic N) is 6. The second kappa shape index (κ2) is 6.95. The van der Waals surface area contributed by atoms with E-state index >= 15 is 0 Å². The fraction of sp³-hybridized carbons (Fsp3) is 0.263. The minimum atomic E-state index is 0.0262. The van der Waals surface area contributed by atoms with Crippen LogP contribution in [0, 0.1) is 6.92 Å². The molecule has 0 saturated carbocycles. The van der Waals surface area contributed by atoms with Crippen LogP contribution in [0.2, 0.25) is 0 Å². The lowest BCUT2D eigenvalue weighted by Crippen LogP contribution is -2.49. The van der Waals surface area contributed by atoms with Crippen LogP contribution >= 0.6 is 0 Å². The fourth-order valence-electron chi connectivity index (χ4n) is 3.18. The van der Waals surface area contributed by atoms with Gasteiger partial charge in [0.05, 0.1) is 23.1 Å². The van der Waals surface area contributed by atoms with Gasteiger partial charge in [0.2, 0.25) is 5.95 Å². The summed E-state index contributed by atoms with van der Waals surface area (Å²) in [4.78, 5) is 25.5. The van der Waals surface area contributed by atoms with Gasteiger partial charge in [0.25, 0.3) is 5.91 Å². The van der Waals surface area contributed by atoms with Crippen LogP contribution in [0.4, 0.5) is 5.95 Å². The van der Waals surface area contributed by atoms with Crippen molar-refractivity contribution in [3.8, 4) is 5.69 Å². The smallest absolute Gasteiger partial charge is 0.257 e. The first-order chi connectivity index (χ1) is 12.7. The van der Waals surface area contributed by atoms with Crippen molar-refractivity contribution in [3.63, 3.8) is 0 Å². The highest BCUT2D eigenvalue weighted by atomic mass is 16.2. The largest absolute Gasteiger partial charge is 0.337 e. The molecule has 1 saturated heterocycles. The average molecular weight is 348 g/mol. The molecule has 1 aliphatic heterocycles. The van der Waals surface area contributed by atoms with Crippen LogP contribution in [0.3, 0.4) is 0 Å². The summed E-state index contributed by atoms with van der Waals surface area (Å²) >= 11 is 0. The number of aromatic nitrogens is 4. The lowest BCUT2D eigenvalue weighted by Gasteiger charge is -2.34. The van der Waals surface area contributed by atoms with Gasteiger partial charge in [0.1, 0.15) is 0 Å². The van der Waals surface area contributed by atoms with Gasteiger partial charge in [-0.25, -0.2) is 14.6 Å². The number of hydrogen-bond donors (Lipinski definition) is 0. The molecule has 26 heavy (non-hydrogen) atoms. The summed E-state index contributed by atoms with van der Waals surface area (Å²) in [6, 6.07) is 11.6. The Kier molecular flexibility index (Phi) is 4.35. The number of hydrogen-bond acceptors (Lipinski definition) is 5. The number of anilines is 1.